The monoisotopic (exact) mass is 912 g/mol. The van der Waals surface area contributed by atoms with Crippen molar-refractivity contribution in [3.05, 3.63) is 181 Å². The minimum atomic E-state index is -2.93. The van der Waals surface area contributed by atoms with Gasteiger partial charge in [-0.3, -0.25) is 0 Å². The van der Waals surface area contributed by atoms with Crippen LogP contribution in [-0.4, -0.2) is 54.3 Å². The van der Waals surface area contributed by atoms with E-state index in [-0.39, 0.29) is 27.7 Å². The predicted molar refractivity (Wildman–Crippen MR) is 273 cm³/mol. The minimum Gasteiger partial charge on any atom is -0.405 e. The first-order chi connectivity index (χ1) is 30.4. The van der Waals surface area contributed by atoms with Crippen molar-refractivity contribution >= 4 is 65.6 Å². The molecule has 0 aromatic heterocycles. The highest BCUT2D eigenvalue weighted by Crippen LogP contribution is 2.42. The Kier molecular flexibility index (Phi) is 15.9. The molecule has 0 bridgehead atoms. The lowest BCUT2D eigenvalue weighted by Crippen LogP contribution is -2.67. The first kappa shape index (κ1) is 47.4. The van der Waals surface area contributed by atoms with E-state index in [2.05, 4.69) is 225 Å². The van der Waals surface area contributed by atoms with Gasteiger partial charge in [0.05, 0.1) is 13.2 Å². The highest BCUT2D eigenvalue weighted by atomic mass is 31.1. The number of hydrogen-bond acceptors (Lipinski definition) is 5. The zero-order valence-corrected chi connectivity index (χ0v) is 42.3. The van der Waals surface area contributed by atoms with Gasteiger partial charge >= 0.3 is 0 Å². The average molecular weight is 913 g/mol. The molecular formula is C54H66O5P2Si2. The van der Waals surface area contributed by atoms with E-state index >= 15 is 0 Å². The molecule has 5 nitrogen and oxygen atoms in total. The van der Waals surface area contributed by atoms with Crippen molar-refractivity contribution in [1.29, 1.82) is 0 Å². The molecule has 1 saturated heterocycles. The number of benzene rings is 6. The molecule has 1 aliphatic rings. The molecule has 0 saturated carbocycles. The third-order valence-corrected chi connectivity index (χ3v) is 24.4. The van der Waals surface area contributed by atoms with Gasteiger partial charge in [0.15, 0.2) is 0 Å². The van der Waals surface area contributed by atoms with Crippen LogP contribution in [0.1, 0.15) is 66.5 Å². The first-order valence-corrected chi connectivity index (χ1v) is 28.2. The lowest BCUT2D eigenvalue weighted by Gasteiger charge is -2.44. The summed E-state index contributed by atoms with van der Waals surface area (Å²) in [5, 5.41) is 6.79. The van der Waals surface area contributed by atoms with Crippen molar-refractivity contribution in [2.75, 3.05) is 13.2 Å². The van der Waals surface area contributed by atoms with E-state index in [1.165, 1.54) is 31.9 Å². The van der Waals surface area contributed by atoms with E-state index in [0.29, 0.717) is 13.2 Å². The summed E-state index contributed by atoms with van der Waals surface area (Å²) in [4.78, 5) is 0. The number of ether oxygens (including phenoxy) is 1. The van der Waals surface area contributed by atoms with Crippen LogP contribution in [0.15, 0.2) is 170 Å². The Hall–Kier alpha value is -3.59. The van der Waals surface area contributed by atoms with E-state index in [4.69, 9.17) is 22.6 Å². The van der Waals surface area contributed by atoms with Gasteiger partial charge in [-0.05, 0) is 65.4 Å². The Balaban J connectivity index is 1.30. The van der Waals surface area contributed by atoms with E-state index in [9.17, 15) is 0 Å². The normalized spacial score (nSPS) is 18.8. The molecule has 0 aliphatic carbocycles. The zero-order valence-electron chi connectivity index (χ0n) is 38.3. The second kappa shape index (κ2) is 21.2. The standard InChI is InChI=1S/C54H66O5P2Si2/c1-9-41-31-35-43(36-32-41)60-58-51-49(39-55-62(53(3,4)5,45-23-15-11-16-24-45)46-25-17-12-18-26-46)57-50(52(51)59-61-44-37-33-42(10-2)34-38-44)40-56-63(54(6,7)8,47-27-19-13-20-28-47)48-29-21-14-22-30-48/h11-38,49-52,60-61H,9-10,39-40H2,1-8H3/t49-,50-,51+,52+/m0/s1. The molecule has 7 rings (SSSR count). The van der Waals surface area contributed by atoms with Crippen LogP contribution in [0.25, 0.3) is 0 Å². The summed E-state index contributed by atoms with van der Waals surface area (Å²) in [6.45, 7) is 19.0. The second-order valence-electron chi connectivity index (χ2n) is 18.6. The summed E-state index contributed by atoms with van der Waals surface area (Å²) in [5.74, 6) is 0. The topological polar surface area (TPSA) is 46.2 Å². The van der Waals surface area contributed by atoms with E-state index in [1.54, 1.807) is 0 Å². The quantitative estimate of drug-likeness (QED) is 0.0636. The molecule has 6 aromatic rings. The van der Waals surface area contributed by atoms with Crippen LogP contribution >= 0.6 is 17.6 Å². The largest absolute Gasteiger partial charge is 0.405 e. The molecule has 63 heavy (non-hydrogen) atoms. The van der Waals surface area contributed by atoms with Gasteiger partial charge in [-0.15, -0.1) is 0 Å². The maximum atomic E-state index is 7.64. The summed E-state index contributed by atoms with van der Waals surface area (Å²) >= 11 is 0. The van der Waals surface area contributed by atoms with Gasteiger partial charge in [0.1, 0.15) is 24.4 Å². The van der Waals surface area contributed by atoms with Crippen molar-refractivity contribution in [3.8, 4) is 0 Å². The third-order valence-electron chi connectivity index (χ3n) is 12.5. The second-order valence-corrected chi connectivity index (χ2v) is 29.3. The number of rotatable bonds is 18. The lowest BCUT2D eigenvalue weighted by atomic mass is 10.1. The van der Waals surface area contributed by atoms with Gasteiger partial charge in [0, 0.05) is 17.6 Å². The molecule has 0 N–H and O–H groups in total. The Morgan fingerprint density at radius 3 is 0.968 bits per heavy atom. The summed E-state index contributed by atoms with van der Waals surface area (Å²) < 4.78 is 36.9. The molecule has 1 aliphatic heterocycles. The van der Waals surface area contributed by atoms with Gasteiger partial charge in [0.25, 0.3) is 16.6 Å². The van der Waals surface area contributed by atoms with Crippen LogP contribution in [-0.2, 0) is 35.5 Å². The van der Waals surface area contributed by atoms with E-state index in [1.807, 2.05) is 0 Å². The van der Waals surface area contributed by atoms with Crippen molar-refractivity contribution in [2.24, 2.45) is 0 Å². The first-order valence-electron chi connectivity index (χ1n) is 22.6. The Labute approximate surface area is 383 Å². The molecular weight excluding hydrogens is 847 g/mol. The third kappa shape index (κ3) is 10.6. The minimum absolute atomic E-state index is 0.0967. The summed E-state index contributed by atoms with van der Waals surface area (Å²) in [6.07, 6.45) is 0.264. The maximum Gasteiger partial charge on any atom is 0.261 e. The fraction of sp³-hybridized carbons (Fsp3) is 0.333. The molecule has 6 aromatic carbocycles. The maximum absolute atomic E-state index is 7.64. The molecule has 1 fully saturated rings. The molecule has 1 heterocycles. The van der Waals surface area contributed by atoms with Crippen molar-refractivity contribution in [3.63, 3.8) is 0 Å². The van der Waals surface area contributed by atoms with Crippen LogP contribution in [0.4, 0.5) is 0 Å². The highest BCUT2D eigenvalue weighted by molar-refractivity contribution is 7.42. The molecule has 0 amide bonds. The molecule has 0 spiro atoms. The van der Waals surface area contributed by atoms with Crippen LogP contribution in [0.5, 0.6) is 0 Å². The van der Waals surface area contributed by atoms with Gasteiger partial charge in [-0.2, -0.15) is 0 Å². The summed E-state index contributed by atoms with van der Waals surface area (Å²) in [7, 11) is -5.66. The number of aryl methyl sites for hydroxylation is 2. The van der Waals surface area contributed by atoms with E-state index < -0.39 is 41.1 Å². The van der Waals surface area contributed by atoms with Gasteiger partial charge < -0.3 is 22.6 Å². The van der Waals surface area contributed by atoms with Crippen LogP contribution in [0.2, 0.25) is 10.1 Å². The SMILES string of the molecule is CCc1ccc(PO[C@H]2[C@H](OPc3ccc(CC)cc3)[C@H](CO[Si](c3ccccc3)(c3ccccc3)C(C)(C)C)O[C@H]2CO[Si](c2ccccc2)(c2ccccc2)C(C)(C)C)cc1. The van der Waals surface area contributed by atoms with Crippen LogP contribution < -0.4 is 31.4 Å². The predicted octanol–water partition coefficient (Wildman–Crippen LogP) is 9.64. The molecule has 6 atom stereocenters. The van der Waals surface area contributed by atoms with Crippen LogP contribution in [0.3, 0.4) is 0 Å². The molecule has 0 radical (unpaired) electrons. The van der Waals surface area contributed by atoms with Crippen molar-refractivity contribution < 1.29 is 22.6 Å². The summed E-state index contributed by atoms with van der Waals surface area (Å²) in [5.41, 5.74) is 2.61. The number of hydrogen-bond donors (Lipinski definition) is 0. The van der Waals surface area contributed by atoms with Gasteiger partial charge in [0.2, 0.25) is 0 Å². The average Bonchev–Trinajstić information content (AvgIpc) is 3.64. The molecule has 2 unspecified atom stereocenters. The Bertz CT molecular complexity index is 2040. The Morgan fingerprint density at radius 2 is 0.714 bits per heavy atom. The fourth-order valence-corrected chi connectivity index (χ4v) is 20.0. The lowest BCUT2D eigenvalue weighted by molar-refractivity contribution is -0.0290. The highest BCUT2D eigenvalue weighted by Gasteiger charge is 2.55. The van der Waals surface area contributed by atoms with Gasteiger partial charge in [-0.1, -0.05) is 225 Å². The fourth-order valence-electron chi connectivity index (χ4n) is 9.18. The summed E-state index contributed by atoms with van der Waals surface area (Å²) in [6, 6.07) is 60.9. The van der Waals surface area contributed by atoms with E-state index in [0.717, 1.165) is 23.5 Å². The molecule has 330 valence electrons. The Morgan fingerprint density at radius 1 is 0.429 bits per heavy atom. The molecule has 9 heteroatoms. The zero-order chi connectivity index (χ0) is 44.5. The van der Waals surface area contributed by atoms with Crippen molar-refractivity contribution in [1.82, 2.24) is 0 Å². The van der Waals surface area contributed by atoms with Crippen molar-refractivity contribution in [2.45, 2.75) is 103 Å². The smallest absolute Gasteiger partial charge is 0.261 e. The van der Waals surface area contributed by atoms with Crippen LogP contribution in [0, 0.1) is 0 Å². The van der Waals surface area contributed by atoms with Gasteiger partial charge in [-0.25, -0.2) is 0 Å².